The highest BCUT2D eigenvalue weighted by Crippen LogP contribution is 2.28. The van der Waals surface area contributed by atoms with Crippen LogP contribution in [0.3, 0.4) is 0 Å². The molecule has 0 saturated carbocycles. The number of fused-ring (bicyclic) bond motifs is 1. The van der Waals surface area contributed by atoms with Crippen molar-refractivity contribution in [3.8, 4) is 0 Å². The van der Waals surface area contributed by atoms with Crippen LogP contribution in [0.15, 0.2) is 15.3 Å². The van der Waals surface area contributed by atoms with E-state index in [1.165, 1.54) is 7.11 Å². The maximum absolute atomic E-state index is 11.8. The average Bonchev–Trinajstić information content (AvgIpc) is 2.41. The van der Waals surface area contributed by atoms with Crippen LogP contribution in [0.1, 0.15) is 32.6 Å². The van der Waals surface area contributed by atoms with Crippen molar-refractivity contribution in [2.75, 3.05) is 7.11 Å². The minimum Gasteiger partial charge on any atom is -0.465 e. The Hall–Kier alpha value is -2.10. The van der Waals surface area contributed by atoms with E-state index in [9.17, 15) is 9.59 Å². The summed E-state index contributed by atoms with van der Waals surface area (Å²) in [6, 6.07) is 1.56. The maximum Gasteiger partial charge on any atom is 0.351 e. The number of hydrogen-bond acceptors (Lipinski definition) is 4. The van der Waals surface area contributed by atoms with Gasteiger partial charge in [0, 0.05) is 5.39 Å². The molecule has 0 bridgehead atoms. The molecule has 0 saturated heterocycles. The third-order valence-corrected chi connectivity index (χ3v) is 3.79. The Labute approximate surface area is 111 Å². The molecule has 0 spiro atoms. The summed E-state index contributed by atoms with van der Waals surface area (Å²) in [7, 11) is 1.24. The Morgan fingerprint density at radius 3 is 2.21 bits per heavy atom. The normalized spacial score (nSPS) is 10.8. The van der Waals surface area contributed by atoms with Gasteiger partial charge in [-0.3, -0.25) is 0 Å². The lowest BCUT2D eigenvalue weighted by Gasteiger charge is -2.12. The summed E-state index contributed by atoms with van der Waals surface area (Å²) in [6.45, 7) is 7.86. The standard InChI is InChI=1S/C15H16O4/c1-7-8(2)10(4)13-11(9(7)3)6-12(14(16)18-5)15(17)19-13/h6H,1-5H3. The molecule has 0 atom stereocenters. The van der Waals surface area contributed by atoms with Crippen molar-refractivity contribution in [1.82, 2.24) is 0 Å². The summed E-state index contributed by atoms with van der Waals surface area (Å²) in [4.78, 5) is 23.4. The molecular weight excluding hydrogens is 244 g/mol. The highest BCUT2D eigenvalue weighted by atomic mass is 16.5. The van der Waals surface area contributed by atoms with Gasteiger partial charge in [0.1, 0.15) is 11.1 Å². The summed E-state index contributed by atoms with van der Waals surface area (Å²) >= 11 is 0. The number of ether oxygens (including phenoxy) is 1. The molecule has 1 aromatic carbocycles. The second-order valence-electron chi connectivity index (χ2n) is 4.68. The van der Waals surface area contributed by atoms with Gasteiger partial charge in [-0.25, -0.2) is 9.59 Å². The molecule has 0 fully saturated rings. The Morgan fingerprint density at radius 2 is 1.63 bits per heavy atom. The monoisotopic (exact) mass is 260 g/mol. The van der Waals surface area contributed by atoms with Crippen LogP contribution in [0, 0.1) is 27.7 Å². The average molecular weight is 260 g/mol. The van der Waals surface area contributed by atoms with E-state index in [0.717, 1.165) is 27.6 Å². The lowest BCUT2D eigenvalue weighted by molar-refractivity contribution is 0.0596. The first-order valence-electron chi connectivity index (χ1n) is 6.01. The van der Waals surface area contributed by atoms with Crippen LogP contribution in [0.2, 0.25) is 0 Å². The summed E-state index contributed by atoms with van der Waals surface area (Å²) in [5.41, 5.74) is 3.97. The molecule has 0 aliphatic heterocycles. The molecular formula is C15H16O4. The number of rotatable bonds is 1. The zero-order chi connectivity index (χ0) is 14.3. The van der Waals surface area contributed by atoms with Gasteiger partial charge in [0.05, 0.1) is 7.11 Å². The number of esters is 1. The smallest absolute Gasteiger partial charge is 0.351 e. The van der Waals surface area contributed by atoms with Gasteiger partial charge in [0.25, 0.3) is 0 Å². The Morgan fingerprint density at radius 1 is 1.05 bits per heavy atom. The molecule has 1 heterocycles. The zero-order valence-corrected chi connectivity index (χ0v) is 11.7. The number of aryl methyl sites for hydroxylation is 2. The summed E-state index contributed by atoms with van der Waals surface area (Å²) in [5.74, 6) is -0.675. The predicted octanol–water partition coefficient (Wildman–Crippen LogP) is 2.81. The van der Waals surface area contributed by atoms with Crippen LogP contribution in [-0.4, -0.2) is 13.1 Å². The molecule has 0 radical (unpaired) electrons. The van der Waals surface area contributed by atoms with Gasteiger partial charge in [0.15, 0.2) is 0 Å². The lowest BCUT2D eigenvalue weighted by atomic mass is 9.95. The van der Waals surface area contributed by atoms with E-state index in [4.69, 9.17) is 4.42 Å². The van der Waals surface area contributed by atoms with Crippen molar-refractivity contribution >= 4 is 16.9 Å². The largest absolute Gasteiger partial charge is 0.465 e. The van der Waals surface area contributed by atoms with Gasteiger partial charge in [-0.1, -0.05) is 0 Å². The first-order chi connectivity index (χ1) is 8.88. The van der Waals surface area contributed by atoms with E-state index >= 15 is 0 Å². The Bertz CT molecular complexity index is 738. The fraction of sp³-hybridized carbons (Fsp3) is 0.333. The molecule has 0 amide bonds. The number of carbonyl (C=O) groups excluding carboxylic acids is 1. The summed E-state index contributed by atoms with van der Waals surface area (Å²) in [6.07, 6.45) is 0. The van der Waals surface area contributed by atoms with Crippen molar-refractivity contribution in [2.24, 2.45) is 0 Å². The molecule has 4 nitrogen and oxygen atoms in total. The molecule has 4 heteroatoms. The van der Waals surface area contributed by atoms with Crippen molar-refractivity contribution in [3.05, 3.63) is 44.3 Å². The number of carbonyl (C=O) groups is 1. The van der Waals surface area contributed by atoms with Gasteiger partial charge in [-0.15, -0.1) is 0 Å². The quantitative estimate of drug-likeness (QED) is 0.584. The molecule has 19 heavy (non-hydrogen) atoms. The van der Waals surface area contributed by atoms with E-state index in [2.05, 4.69) is 4.74 Å². The van der Waals surface area contributed by atoms with Gasteiger partial charge < -0.3 is 9.15 Å². The third-order valence-electron chi connectivity index (χ3n) is 3.79. The molecule has 0 aliphatic carbocycles. The molecule has 2 aromatic rings. The minimum absolute atomic E-state index is 0.0687. The molecule has 2 rings (SSSR count). The fourth-order valence-electron chi connectivity index (χ4n) is 2.22. The number of methoxy groups -OCH3 is 1. The van der Waals surface area contributed by atoms with E-state index in [1.54, 1.807) is 6.07 Å². The molecule has 0 unspecified atom stereocenters. The maximum atomic E-state index is 11.8. The van der Waals surface area contributed by atoms with Crippen LogP contribution in [-0.2, 0) is 4.74 Å². The second-order valence-corrected chi connectivity index (χ2v) is 4.68. The van der Waals surface area contributed by atoms with Crippen LogP contribution in [0.4, 0.5) is 0 Å². The SMILES string of the molecule is COC(=O)c1cc2c(C)c(C)c(C)c(C)c2oc1=O. The minimum atomic E-state index is -0.675. The molecule has 0 N–H and O–H groups in total. The second kappa shape index (κ2) is 4.53. The topological polar surface area (TPSA) is 56.5 Å². The van der Waals surface area contributed by atoms with E-state index < -0.39 is 11.6 Å². The summed E-state index contributed by atoms with van der Waals surface area (Å²) < 4.78 is 9.90. The van der Waals surface area contributed by atoms with Crippen LogP contribution < -0.4 is 5.63 Å². The first-order valence-corrected chi connectivity index (χ1v) is 6.01. The van der Waals surface area contributed by atoms with Crippen molar-refractivity contribution in [3.63, 3.8) is 0 Å². The van der Waals surface area contributed by atoms with Crippen LogP contribution in [0.5, 0.6) is 0 Å². The lowest BCUT2D eigenvalue weighted by Crippen LogP contribution is -2.15. The third kappa shape index (κ3) is 1.93. The Balaban J connectivity index is 2.95. The van der Waals surface area contributed by atoms with E-state index in [-0.39, 0.29) is 5.56 Å². The van der Waals surface area contributed by atoms with Gasteiger partial charge in [0.2, 0.25) is 0 Å². The van der Waals surface area contributed by atoms with Gasteiger partial charge in [-0.05, 0) is 56.0 Å². The van der Waals surface area contributed by atoms with Crippen molar-refractivity contribution in [2.45, 2.75) is 27.7 Å². The summed E-state index contributed by atoms with van der Waals surface area (Å²) in [5, 5.41) is 0.778. The molecule has 100 valence electrons. The Kier molecular flexibility index (Phi) is 3.18. The highest BCUT2D eigenvalue weighted by molar-refractivity contribution is 5.95. The van der Waals surface area contributed by atoms with Crippen LogP contribution >= 0.6 is 0 Å². The van der Waals surface area contributed by atoms with Gasteiger partial charge >= 0.3 is 11.6 Å². The molecule has 0 aliphatic rings. The highest BCUT2D eigenvalue weighted by Gasteiger charge is 2.18. The number of benzene rings is 1. The van der Waals surface area contributed by atoms with Crippen molar-refractivity contribution in [1.29, 1.82) is 0 Å². The van der Waals surface area contributed by atoms with E-state index in [1.807, 2.05) is 27.7 Å². The number of hydrogen-bond donors (Lipinski definition) is 0. The predicted molar refractivity (Wildman–Crippen MR) is 72.8 cm³/mol. The van der Waals surface area contributed by atoms with Crippen LogP contribution in [0.25, 0.3) is 11.0 Å². The first kappa shape index (κ1) is 13.3. The van der Waals surface area contributed by atoms with Crippen molar-refractivity contribution < 1.29 is 13.9 Å². The zero-order valence-electron chi connectivity index (χ0n) is 11.7. The van der Waals surface area contributed by atoms with E-state index in [0.29, 0.717) is 5.58 Å². The fourth-order valence-corrected chi connectivity index (χ4v) is 2.22. The molecule has 1 aromatic heterocycles. The van der Waals surface area contributed by atoms with Gasteiger partial charge in [-0.2, -0.15) is 0 Å².